The van der Waals surface area contributed by atoms with Crippen LogP contribution in [-0.4, -0.2) is 15.3 Å². The number of carbonyl (C=O) groups excluding carboxylic acids is 1. The molecule has 0 aliphatic carbocycles. The summed E-state index contributed by atoms with van der Waals surface area (Å²) in [5, 5.41) is 2.68. The third-order valence-corrected chi connectivity index (χ3v) is 4.54. The van der Waals surface area contributed by atoms with Gasteiger partial charge >= 0.3 is 0 Å². The van der Waals surface area contributed by atoms with E-state index in [1.807, 2.05) is 59.1 Å². The van der Waals surface area contributed by atoms with Crippen molar-refractivity contribution in [1.82, 2.24) is 9.38 Å². The van der Waals surface area contributed by atoms with Gasteiger partial charge in [0.2, 0.25) is 5.91 Å². The predicted octanol–water partition coefficient (Wildman–Crippen LogP) is 4.63. The normalized spacial score (nSPS) is 12.0. The summed E-state index contributed by atoms with van der Waals surface area (Å²) in [6.45, 7) is 0. The van der Waals surface area contributed by atoms with Crippen molar-refractivity contribution < 1.29 is 9.18 Å². The van der Waals surface area contributed by atoms with Crippen LogP contribution < -0.4 is 5.32 Å². The van der Waals surface area contributed by atoms with Crippen molar-refractivity contribution in [2.24, 2.45) is 0 Å². The maximum absolute atomic E-state index is 13.9. The van der Waals surface area contributed by atoms with E-state index in [9.17, 15) is 9.18 Å². The second kappa shape index (κ2) is 7.41. The van der Waals surface area contributed by atoms with Crippen LogP contribution in [0.5, 0.6) is 0 Å². The summed E-state index contributed by atoms with van der Waals surface area (Å²) in [5.74, 6) is -0.896. The Morgan fingerprint density at radius 2 is 1.74 bits per heavy atom. The molecule has 0 saturated carbocycles. The van der Waals surface area contributed by atoms with E-state index in [-0.39, 0.29) is 23.9 Å². The van der Waals surface area contributed by atoms with Gasteiger partial charge in [-0.1, -0.05) is 48.5 Å². The molecule has 1 unspecified atom stereocenters. The fraction of sp³-hybridized carbons (Fsp3) is 0.0909. The van der Waals surface area contributed by atoms with Gasteiger partial charge in [-0.3, -0.25) is 4.79 Å². The second-order valence-corrected chi connectivity index (χ2v) is 6.31. The summed E-state index contributed by atoms with van der Waals surface area (Å²) in [5.41, 5.74) is 2.93. The average Bonchev–Trinajstić information content (AvgIpc) is 3.12. The maximum atomic E-state index is 13.9. The van der Waals surface area contributed by atoms with E-state index in [1.54, 1.807) is 24.4 Å². The lowest BCUT2D eigenvalue weighted by Crippen LogP contribution is -2.18. The number of pyridine rings is 1. The molecule has 27 heavy (non-hydrogen) atoms. The number of nitrogens with one attached hydrogen (secondary N) is 1. The van der Waals surface area contributed by atoms with Crippen LogP contribution in [0, 0.1) is 5.82 Å². The molecule has 5 heteroatoms. The molecule has 0 radical (unpaired) electrons. The SMILES string of the molecule is O=C(CC(c1ccccc1)c1cnc2ccccn12)Nc1ccccc1F. The summed E-state index contributed by atoms with van der Waals surface area (Å²) in [6, 6.07) is 21.8. The first-order chi connectivity index (χ1) is 13.2. The monoisotopic (exact) mass is 359 g/mol. The second-order valence-electron chi connectivity index (χ2n) is 6.31. The Balaban J connectivity index is 1.67. The molecule has 2 aromatic carbocycles. The highest BCUT2D eigenvalue weighted by atomic mass is 19.1. The third kappa shape index (κ3) is 3.58. The number of rotatable bonds is 5. The van der Waals surface area contributed by atoms with Crippen molar-refractivity contribution in [2.75, 3.05) is 5.32 Å². The summed E-state index contributed by atoms with van der Waals surface area (Å²) in [7, 11) is 0. The van der Waals surface area contributed by atoms with Gasteiger partial charge in [-0.25, -0.2) is 9.37 Å². The van der Waals surface area contributed by atoms with Crippen molar-refractivity contribution in [3.63, 3.8) is 0 Å². The number of nitrogens with zero attached hydrogens (tertiary/aromatic N) is 2. The summed E-state index contributed by atoms with van der Waals surface area (Å²) >= 11 is 0. The molecule has 134 valence electrons. The lowest BCUT2D eigenvalue weighted by Gasteiger charge is -2.17. The van der Waals surface area contributed by atoms with Crippen LogP contribution in [0.25, 0.3) is 5.65 Å². The van der Waals surface area contributed by atoms with Gasteiger partial charge in [0, 0.05) is 24.7 Å². The Hall–Kier alpha value is -3.47. The molecule has 0 fully saturated rings. The highest BCUT2D eigenvalue weighted by molar-refractivity contribution is 5.91. The van der Waals surface area contributed by atoms with Crippen LogP contribution in [0.2, 0.25) is 0 Å². The van der Waals surface area contributed by atoms with Crippen LogP contribution in [0.4, 0.5) is 10.1 Å². The van der Waals surface area contributed by atoms with Gasteiger partial charge < -0.3 is 9.72 Å². The number of aromatic nitrogens is 2. The zero-order valence-corrected chi connectivity index (χ0v) is 14.5. The van der Waals surface area contributed by atoms with Crippen molar-refractivity contribution in [3.05, 3.63) is 102 Å². The first kappa shape index (κ1) is 17.0. The highest BCUT2D eigenvalue weighted by Crippen LogP contribution is 2.29. The standard InChI is InChI=1S/C22H18FN3O/c23-18-10-4-5-11-19(18)25-22(27)14-17(16-8-2-1-3-9-16)20-15-24-21-12-6-7-13-26(20)21/h1-13,15,17H,14H2,(H,25,27). The fourth-order valence-corrected chi connectivity index (χ4v) is 3.24. The molecule has 4 rings (SSSR count). The van der Waals surface area contributed by atoms with Gasteiger partial charge in [0.1, 0.15) is 11.5 Å². The van der Waals surface area contributed by atoms with Crippen molar-refractivity contribution in [3.8, 4) is 0 Å². The topological polar surface area (TPSA) is 46.4 Å². The van der Waals surface area contributed by atoms with E-state index in [1.165, 1.54) is 6.07 Å². The van der Waals surface area contributed by atoms with Gasteiger partial charge in [-0.05, 0) is 29.8 Å². The Bertz CT molecular complexity index is 1080. The minimum Gasteiger partial charge on any atom is -0.324 e. The van der Waals surface area contributed by atoms with Gasteiger partial charge in [-0.15, -0.1) is 0 Å². The van der Waals surface area contributed by atoms with Crippen LogP contribution in [0.1, 0.15) is 23.6 Å². The molecular weight excluding hydrogens is 341 g/mol. The fourth-order valence-electron chi connectivity index (χ4n) is 3.24. The Morgan fingerprint density at radius 3 is 2.56 bits per heavy atom. The number of benzene rings is 2. The molecule has 0 aliphatic rings. The van der Waals surface area contributed by atoms with Gasteiger partial charge in [0.25, 0.3) is 0 Å². The molecule has 0 aliphatic heterocycles. The van der Waals surface area contributed by atoms with Crippen molar-refractivity contribution in [1.29, 1.82) is 0 Å². The zero-order chi connectivity index (χ0) is 18.6. The van der Waals surface area contributed by atoms with Crippen LogP contribution in [0.3, 0.4) is 0 Å². The number of imidazole rings is 1. The summed E-state index contributed by atoms with van der Waals surface area (Å²) in [6.07, 6.45) is 3.91. The molecule has 4 nitrogen and oxygen atoms in total. The lowest BCUT2D eigenvalue weighted by atomic mass is 9.92. The smallest absolute Gasteiger partial charge is 0.225 e. The Morgan fingerprint density at radius 1 is 1.00 bits per heavy atom. The minimum absolute atomic E-state index is 0.182. The van der Waals surface area contributed by atoms with Crippen LogP contribution in [-0.2, 0) is 4.79 Å². The van der Waals surface area contributed by atoms with E-state index in [0.717, 1.165) is 16.9 Å². The third-order valence-electron chi connectivity index (χ3n) is 4.54. The number of fused-ring (bicyclic) bond motifs is 1. The molecule has 4 aromatic rings. The van der Waals surface area contributed by atoms with E-state index < -0.39 is 5.82 Å². The van der Waals surface area contributed by atoms with E-state index in [4.69, 9.17) is 0 Å². The molecule has 1 N–H and O–H groups in total. The average molecular weight is 359 g/mol. The Kier molecular flexibility index (Phi) is 4.66. The summed E-state index contributed by atoms with van der Waals surface area (Å²) in [4.78, 5) is 17.1. The number of hydrogen-bond donors (Lipinski definition) is 1. The van der Waals surface area contributed by atoms with Crippen molar-refractivity contribution in [2.45, 2.75) is 12.3 Å². The quantitative estimate of drug-likeness (QED) is 0.564. The summed E-state index contributed by atoms with van der Waals surface area (Å²) < 4.78 is 15.8. The van der Waals surface area contributed by atoms with Gasteiger partial charge in [-0.2, -0.15) is 0 Å². The van der Waals surface area contributed by atoms with E-state index in [2.05, 4.69) is 10.3 Å². The molecule has 2 heterocycles. The highest BCUT2D eigenvalue weighted by Gasteiger charge is 2.22. The number of amides is 1. The van der Waals surface area contributed by atoms with E-state index >= 15 is 0 Å². The van der Waals surface area contributed by atoms with Gasteiger partial charge in [0.05, 0.1) is 11.4 Å². The number of para-hydroxylation sites is 1. The lowest BCUT2D eigenvalue weighted by molar-refractivity contribution is -0.116. The molecule has 2 aromatic heterocycles. The molecule has 0 saturated heterocycles. The van der Waals surface area contributed by atoms with Crippen LogP contribution in [0.15, 0.2) is 85.2 Å². The number of anilines is 1. The van der Waals surface area contributed by atoms with E-state index in [0.29, 0.717) is 0 Å². The molecule has 0 spiro atoms. The molecule has 0 bridgehead atoms. The first-order valence-corrected chi connectivity index (χ1v) is 8.73. The van der Waals surface area contributed by atoms with Crippen LogP contribution >= 0.6 is 0 Å². The maximum Gasteiger partial charge on any atom is 0.225 e. The number of carbonyl (C=O) groups is 1. The number of hydrogen-bond acceptors (Lipinski definition) is 2. The number of halogens is 1. The molecule has 1 atom stereocenters. The first-order valence-electron chi connectivity index (χ1n) is 8.73. The Labute approximate surface area is 156 Å². The minimum atomic E-state index is -0.447. The molecule has 1 amide bonds. The zero-order valence-electron chi connectivity index (χ0n) is 14.5. The molecular formula is C22H18FN3O. The predicted molar refractivity (Wildman–Crippen MR) is 103 cm³/mol. The van der Waals surface area contributed by atoms with Gasteiger partial charge in [0.15, 0.2) is 0 Å². The van der Waals surface area contributed by atoms with Crippen molar-refractivity contribution >= 4 is 17.2 Å². The largest absolute Gasteiger partial charge is 0.324 e.